The van der Waals surface area contributed by atoms with Gasteiger partial charge in [0.05, 0.1) is 0 Å². The molecule has 2 aliphatic carbocycles. The molecule has 4 rings (SSSR count). The quantitative estimate of drug-likeness (QED) is 0.343. The molecule has 2 aromatic carbocycles. The van der Waals surface area contributed by atoms with Gasteiger partial charge in [-0.1, -0.05) is 0 Å². The molecular weight excluding hydrogens is 480 g/mol. The molecule has 0 spiro atoms. The summed E-state index contributed by atoms with van der Waals surface area (Å²) < 4.78 is 7.08. The van der Waals surface area contributed by atoms with Crippen molar-refractivity contribution in [1.82, 2.24) is 0 Å². The van der Waals surface area contributed by atoms with Crippen molar-refractivity contribution in [2.75, 3.05) is 0 Å². The van der Waals surface area contributed by atoms with Gasteiger partial charge in [0.1, 0.15) is 0 Å². The van der Waals surface area contributed by atoms with Gasteiger partial charge in [-0.2, -0.15) is 0 Å². The van der Waals surface area contributed by atoms with Gasteiger partial charge in [-0.3, -0.25) is 0 Å². The number of rotatable bonds is 5. The number of allylic oxidation sites excluding steroid dienone is 4. The van der Waals surface area contributed by atoms with Crippen molar-refractivity contribution in [3.8, 4) is 0 Å². The molecule has 0 radical (unpaired) electrons. The minimum absolute atomic E-state index is 0.577. The second-order valence-electron chi connectivity index (χ2n) is 12.4. The topological polar surface area (TPSA) is 0 Å². The summed E-state index contributed by atoms with van der Waals surface area (Å²) in [5.41, 5.74) is 13.1. The van der Waals surface area contributed by atoms with Crippen LogP contribution in [0.3, 0.4) is 0 Å². The Balaban J connectivity index is 2.08. The van der Waals surface area contributed by atoms with Crippen molar-refractivity contribution in [2.24, 2.45) is 11.8 Å². The maximum atomic E-state index is 2.88. The summed E-state index contributed by atoms with van der Waals surface area (Å²) in [5, 5.41) is 0. The van der Waals surface area contributed by atoms with E-state index in [1.807, 2.05) is 0 Å². The van der Waals surface area contributed by atoms with Crippen molar-refractivity contribution in [3.63, 3.8) is 0 Å². The molecule has 2 heteroatoms. The Bertz CT molecular complexity index is 1050. The van der Waals surface area contributed by atoms with Crippen LogP contribution in [0.4, 0.5) is 0 Å². The molecule has 2 aliphatic rings. The third-order valence-corrected chi connectivity index (χ3v) is 56.7. The van der Waals surface area contributed by atoms with Crippen molar-refractivity contribution in [3.05, 3.63) is 81.9 Å². The van der Waals surface area contributed by atoms with Gasteiger partial charge in [-0.25, -0.2) is 0 Å². The predicted molar refractivity (Wildman–Crippen MR) is 144 cm³/mol. The fourth-order valence-electron chi connectivity index (χ4n) is 7.90. The zero-order valence-corrected chi connectivity index (χ0v) is 25.6. The van der Waals surface area contributed by atoms with Crippen molar-refractivity contribution in [2.45, 2.75) is 71.2 Å². The summed E-state index contributed by atoms with van der Waals surface area (Å²) in [5.74, 6) is 0.161. The average molecular weight is 523 g/mol. The van der Waals surface area contributed by atoms with Crippen molar-refractivity contribution in [1.29, 1.82) is 0 Å². The predicted octanol–water partition coefficient (Wildman–Crippen LogP) is 9.12. The van der Waals surface area contributed by atoms with Crippen molar-refractivity contribution < 1.29 is 17.9 Å². The third kappa shape index (κ3) is 3.15. The second kappa shape index (κ2) is 8.06. The van der Waals surface area contributed by atoms with E-state index in [1.54, 1.807) is 44.5 Å². The third-order valence-electron chi connectivity index (χ3n) is 9.64. The molecule has 0 nitrogen and oxygen atoms in total. The van der Waals surface area contributed by atoms with E-state index in [0.29, 0.717) is 19.1 Å². The first-order chi connectivity index (χ1) is 14.9. The standard InChI is InChI=1S/2C13H15.C2H7Si.2CH3.Zr/c2*1-9(2)13-10(3)8-11-6-4-5-7-12(11)13;1-3-2;;;/h2*4-9H,1-3H3;3H,1-2H3;2*1H3;. The molecule has 0 aromatic heterocycles. The Morgan fingerprint density at radius 1 is 0.656 bits per heavy atom. The average Bonchev–Trinajstić information content (AvgIpc) is 3.18. The molecule has 0 saturated heterocycles. The Morgan fingerprint density at radius 2 is 1.00 bits per heavy atom. The second-order valence-corrected chi connectivity index (χ2v) is 50.3. The van der Waals surface area contributed by atoms with Gasteiger partial charge in [0, 0.05) is 0 Å². The Labute approximate surface area is 198 Å². The fourth-order valence-corrected chi connectivity index (χ4v) is 38.5. The molecule has 0 amide bonds. The zero-order chi connectivity index (χ0) is 23.6. The van der Waals surface area contributed by atoms with Crippen LogP contribution < -0.4 is 0 Å². The summed E-state index contributed by atoms with van der Waals surface area (Å²) in [6, 6.07) is 18.9. The number of hydrogen-bond donors (Lipinski definition) is 0. The Hall–Kier alpha value is -0.980. The van der Waals surface area contributed by atoms with E-state index in [9.17, 15) is 0 Å². The van der Waals surface area contributed by atoms with Crippen LogP contribution in [0.1, 0.15) is 71.0 Å². The monoisotopic (exact) mass is 521 g/mol. The number of fused-ring (bicyclic) bond motifs is 2. The summed E-state index contributed by atoms with van der Waals surface area (Å²) in [6.45, 7) is 20.0. The van der Waals surface area contributed by atoms with E-state index in [0.717, 1.165) is 0 Å². The Morgan fingerprint density at radius 3 is 1.31 bits per heavy atom. The zero-order valence-electron chi connectivity index (χ0n) is 22.0. The van der Waals surface area contributed by atoms with Crippen LogP contribution in [0.5, 0.6) is 0 Å². The first-order valence-corrected chi connectivity index (χ1v) is 27.6. The van der Waals surface area contributed by atoms with Crippen LogP contribution in [0, 0.1) is 11.8 Å². The molecular formula is C30H43SiZr. The molecule has 0 N–H and O–H groups in total. The first-order valence-electron chi connectivity index (χ1n) is 12.7. The summed E-state index contributed by atoms with van der Waals surface area (Å²) in [7, 11) is 0. The molecule has 0 heterocycles. The van der Waals surface area contributed by atoms with Gasteiger partial charge in [0.2, 0.25) is 0 Å². The van der Waals surface area contributed by atoms with E-state index in [4.69, 9.17) is 0 Å². The van der Waals surface area contributed by atoms with Crippen LogP contribution >= 0.6 is 0 Å². The maximum absolute atomic E-state index is 3.47. The molecule has 0 aliphatic heterocycles. The molecule has 0 bridgehead atoms. The molecule has 0 saturated carbocycles. The van der Waals surface area contributed by atoms with Crippen LogP contribution in [0.25, 0.3) is 11.1 Å². The van der Waals surface area contributed by atoms with Gasteiger partial charge in [-0.05, 0) is 0 Å². The van der Waals surface area contributed by atoms with Crippen molar-refractivity contribution >= 4 is 17.1 Å². The minimum atomic E-state index is -3.47. The number of benzene rings is 2. The first kappa shape index (κ1) is 24.2. The van der Waals surface area contributed by atoms with Gasteiger partial charge in [0.15, 0.2) is 0 Å². The molecule has 0 fully saturated rings. The molecule has 171 valence electrons. The van der Waals surface area contributed by atoms with E-state index in [-0.39, 0.29) is 0 Å². The summed E-state index contributed by atoms with van der Waals surface area (Å²) >= 11 is -3.47. The van der Waals surface area contributed by atoms with Crippen LogP contribution in [0.15, 0.2) is 59.7 Å². The van der Waals surface area contributed by atoms with E-state index < -0.39 is 23.9 Å². The van der Waals surface area contributed by atoms with Crippen LogP contribution in [-0.2, 0) is 17.9 Å². The molecule has 2 aromatic rings. The van der Waals surface area contributed by atoms with E-state index in [2.05, 4.69) is 112 Å². The van der Waals surface area contributed by atoms with Gasteiger partial charge >= 0.3 is 200 Å². The number of hydrogen-bond acceptors (Lipinski definition) is 0. The SMILES string of the molecule is CC1=C(C(C)C)c2ccccc2[CH]1[Zr]([CH3])([CH3])([CH]1C(C)=C(C(C)C)c2ccccc21)[SiH](C)C. The summed E-state index contributed by atoms with van der Waals surface area (Å²) in [6.07, 6.45) is 0. The normalized spacial score (nSPS) is 22.1. The molecule has 32 heavy (non-hydrogen) atoms. The fraction of sp³-hybridized carbons (Fsp3) is 0.467. The Kier molecular flexibility index (Phi) is 6.08. The van der Waals surface area contributed by atoms with E-state index in [1.165, 1.54) is 0 Å². The van der Waals surface area contributed by atoms with Gasteiger partial charge in [-0.15, -0.1) is 0 Å². The van der Waals surface area contributed by atoms with Gasteiger partial charge in [0.25, 0.3) is 0 Å². The molecule has 2 atom stereocenters. The van der Waals surface area contributed by atoms with E-state index >= 15 is 0 Å². The van der Waals surface area contributed by atoms with Crippen LogP contribution in [0.2, 0.25) is 22.4 Å². The van der Waals surface area contributed by atoms with Gasteiger partial charge < -0.3 is 0 Å². The molecule has 2 unspecified atom stereocenters. The van der Waals surface area contributed by atoms with Crippen LogP contribution in [-0.4, -0.2) is 5.92 Å². The summed E-state index contributed by atoms with van der Waals surface area (Å²) in [4.78, 5) is 0.